The van der Waals surface area contributed by atoms with E-state index in [1.807, 2.05) is 0 Å². The monoisotopic (exact) mass is 156 g/mol. The minimum atomic E-state index is -1.44. The number of alkyl halides is 1. The van der Waals surface area contributed by atoms with Crippen molar-refractivity contribution in [3.05, 3.63) is 24.0 Å². The Bertz CT molecular complexity index is 230. The van der Waals surface area contributed by atoms with E-state index in [1.54, 1.807) is 0 Å². The van der Waals surface area contributed by atoms with Gasteiger partial charge in [0.15, 0.2) is 6.17 Å². The van der Waals surface area contributed by atoms with Crippen LogP contribution in [0.1, 0.15) is 6.92 Å². The smallest absolute Gasteiger partial charge is 0.175 e. The summed E-state index contributed by atoms with van der Waals surface area (Å²) in [5.74, 6) is -0.922. The minimum absolute atomic E-state index is 0.0975. The van der Waals surface area contributed by atoms with Gasteiger partial charge in [-0.05, 0) is 19.1 Å². The zero-order valence-electron chi connectivity index (χ0n) is 6.12. The maximum Gasteiger partial charge on any atom is 0.175 e. The van der Waals surface area contributed by atoms with Crippen LogP contribution in [0.5, 0.6) is 0 Å². The highest BCUT2D eigenvalue weighted by molar-refractivity contribution is 5.82. The second kappa shape index (κ2) is 2.86. The number of aliphatic hydroxyl groups excluding tert-OH is 1. The van der Waals surface area contributed by atoms with Gasteiger partial charge in [-0.25, -0.2) is 4.39 Å². The van der Waals surface area contributed by atoms with Gasteiger partial charge in [0.25, 0.3) is 0 Å². The Kier molecular flexibility index (Phi) is 2.08. The van der Waals surface area contributed by atoms with Crippen LogP contribution in [0.2, 0.25) is 0 Å². The normalized spacial score (nSPS) is 29.8. The quantitative estimate of drug-likeness (QED) is 0.585. The first kappa shape index (κ1) is 7.98. The summed E-state index contributed by atoms with van der Waals surface area (Å²) in [5.41, 5.74) is 0. The predicted octanol–water partition coefficient (Wildman–Crippen LogP) is 1.54. The SMILES string of the molecule is CC(=O)C1C=CC(F)C(O)=C1. The van der Waals surface area contributed by atoms with Gasteiger partial charge in [-0.1, -0.05) is 6.08 Å². The molecule has 1 aliphatic carbocycles. The van der Waals surface area contributed by atoms with Crippen LogP contribution in [0.3, 0.4) is 0 Å². The number of hydrogen-bond donors (Lipinski definition) is 1. The van der Waals surface area contributed by atoms with Gasteiger partial charge in [0.1, 0.15) is 11.5 Å². The van der Waals surface area contributed by atoms with Gasteiger partial charge in [-0.15, -0.1) is 0 Å². The molecular formula is C8H9FO2. The fraction of sp³-hybridized carbons (Fsp3) is 0.375. The highest BCUT2D eigenvalue weighted by atomic mass is 19.1. The van der Waals surface area contributed by atoms with E-state index in [0.717, 1.165) is 0 Å². The number of halogens is 1. The van der Waals surface area contributed by atoms with Crippen LogP contribution in [-0.2, 0) is 4.79 Å². The molecule has 1 aliphatic rings. The largest absolute Gasteiger partial charge is 0.509 e. The van der Waals surface area contributed by atoms with Crippen molar-refractivity contribution in [1.82, 2.24) is 0 Å². The highest BCUT2D eigenvalue weighted by Gasteiger charge is 2.18. The molecule has 2 unspecified atom stereocenters. The molecule has 0 aromatic carbocycles. The highest BCUT2D eigenvalue weighted by Crippen LogP contribution is 2.17. The minimum Gasteiger partial charge on any atom is -0.509 e. The second-order valence-corrected chi connectivity index (χ2v) is 2.51. The molecule has 11 heavy (non-hydrogen) atoms. The Morgan fingerprint density at radius 2 is 2.27 bits per heavy atom. The van der Waals surface area contributed by atoms with Crippen molar-refractivity contribution in [1.29, 1.82) is 0 Å². The Hall–Kier alpha value is -1.12. The van der Waals surface area contributed by atoms with Crippen LogP contribution >= 0.6 is 0 Å². The summed E-state index contributed by atoms with van der Waals surface area (Å²) >= 11 is 0. The van der Waals surface area contributed by atoms with Crippen molar-refractivity contribution in [3.63, 3.8) is 0 Å². The van der Waals surface area contributed by atoms with Gasteiger partial charge in [0.2, 0.25) is 0 Å². The second-order valence-electron chi connectivity index (χ2n) is 2.51. The van der Waals surface area contributed by atoms with Crippen molar-refractivity contribution >= 4 is 5.78 Å². The molecule has 0 aromatic rings. The van der Waals surface area contributed by atoms with Crippen LogP contribution in [0.25, 0.3) is 0 Å². The van der Waals surface area contributed by atoms with Gasteiger partial charge in [-0.3, -0.25) is 4.79 Å². The van der Waals surface area contributed by atoms with Crippen LogP contribution in [0.4, 0.5) is 4.39 Å². The summed E-state index contributed by atoms with van der Waals surface area (Å²) in [4.78, 5) is 10.7. The van der Waals surface area contributed by atoms with Crippen molar-refractivity contribution in [2.75, 3.05) is 0 Å². The average molecular weight is 156 g/mol. The fourth-order valence-electron chi connectivity index (χ4n) is 0.900. The first-order chi connectivity index (χ1) is 5.11. The molecule has 1 N–H and O–H groups in total. The molecule has 1 rings (SSSR count). The molecule has 0 amide bonds. The number of allylic oxidation sites excluding steroid dienone is 3. The molecule has 0 spiro atoms. The molecule has 0 heterocycles. The summed E-state index contributed by atoms with van der Waals surface area (Å²) in [6.45, 7) is 1.40. The Morgan fingerprint density at radius 1 is 1.64 bits per heavy atom. The predicted molar refractivity (Wildman–Crippen MR) is 38.9 cm³/mol. The first-order valence-corrected chi connectivity index (χ1v) is 3.35. The summed E-state index contributed by atoms with van der Waals surface area (Å²) < 4.78 is 12.5. The summed E-state index contributed by atoms with van der Waals surface area (Å²) in [7, 11) is 0. The van der Waals surface area contributed by atoms with Gasteiger partial charge < -0.3 is 5.11 Å². The zero-order chi connectivity index (χ0) is 8.43. The number of ketones is 1. The molecule has 2 atom stereocenters. The van der Waals surface area contributed by atoms with Crippen molar-refractivity contribution < 1.29 is 14.3 Å². The molecule has 0 fully saturated rings. The molecule has 0 aromatic heterocycles. The lowest BCUT2D eigenvalue weighted by Crippen LogP contribution is -2.14. The third-order valence-electron chi connectivity index (χ3n) is 1.59. The molecule has 2 nitrogen and oxygen atoms in total. The summed E-state index contributed by atoms with van der Waals surface area (Å²) in [6, 6.07) is 0. The fourth-order valence-corrected chi connectivity index (χ4v) is 0.900. The summed E-state index contributed by atoms with van der Waals surface area (Å²) in [6.07, 6.45) is 2.42. The number of rotatable bonds is 1. The number of aliphatic hydroxyl groups is 1. The van der Waals surface area contributed by atoms with Crippen molar-refractivity contribution in [3.8, 4) is 0 Å². The Balaban J connectivity index is 2.77. The maximum absolute atomic E-state index is 12.5. The molecule has 0 aliphatic heterocycles. The van der Waals surface area contributed by atoms with Crippen molar-refractivity contribution in [2.45, 2.75) is 13.1 Å². The molecule has 0 bridgehead atoms. The maximum atomic E-state index is 12.5. The van der Waals surface area contributed by atoms with E-state index in [0.29, 0.717) is 0 Å². The Labute approximate surface area is 64.0 Å². The van der Waals surface area contributed by atoms with E-state index in [1.165, 1.54) is 25.2 Å². The molecule has 0 radical (unpaired) electrons. The molecule has 0 saturated carbocycles. The van der Waals surface area contributed by atoms with Crippen LogP contribution < -0.4 is 0 Å². The first-order valence-electron chi connectivity index (χ1n) is 3.35. The van der Waals surface area contributed by atoms with E-state index in [-0.39, 0.29) is 11.5 Å². The number of carbonyl (C=O) groups is 1. The molecule has 3 heteroatoms. The van der Waals surface area contributed by atoms with Crippen LogP contribution in [0, 0.1) is 5.92 Å². The van der Waals surface area contributed by atoms with Crippen LogP contribution in [-0.4, -0.2) is 17.1 Å². The topological polar surface area (TPSA) is 37.3 Å². The van der Waals surface area contributed by atoms with Gasteiger partial charge in [-0.2, -0.15) is 0 Å². The zero-order valence-corrected chi connectivity index (χ0v) is 6.12. The third kappa shape index (κ3) is 1.67. The van der Waals surface area contributed by atoms with E-state index in [2.05, 4.69) is 0 Å². The van der Waals surface area contributed by atoms with Gasteiger partial charge in [0.05, 0.1) is 5.92 Å². The number of carbonyl (C=O) groups excluding carboxylic acids is 1. The van der Waals surface area contributed by atoms with E-state index in [4.69, 9.17) is 5.11 Å². The van der Waals surface area contributed by atoms with E-state index >= 15 is 0 Å². The third-order valence-corrected chi connectivity index (χ3v) is 1.59. The summed E-state index contributed by atoms with van der Waals surface area (Å²) in [5, 5.41) is 8.88. The lowest BCUT2D eigenvalue weighted by atomic mass is 9.98. The van der Waals surface area contributed by atoms with Gasteiger partial charge >= 0.3 is 0 Å². The molecule has 0 saturated heterocycles. The average Bonchev–Trinajstić information content (AvgIpc) is 1.94. The van der Waals surface area contributed by atoms with Crippen LogP contribution in [0.15, 0.2) is 24.0 Å². The van der Waals surface area contributed by atoms with Gasteiger partial charge in [0, 0.05) is 0 Å². The number of Topliss-reactive ketones (excluding diaryl/α,β-unsaturated/α-hetero) is 1. The van der Waals surface area contributed by atoms with E-state index < -0.39 is 12.1 Å². The van der Waals surface area contributed by atoms with Crippen molar-refractivity contribution in [2.24, 2.45) is 5.92 Å². The lowest BCUT2D eigenvalue weighted by molar-refractivity contribution is -0.118. The standard InChI is InChI=1S/C8H9FO2/c1-5(10)6-2-3-7(9)8(11)4-6/h2-4,6-7,11H,1H3. The Morgan fingerprint density at radius 3 is 2.73 bits per heavy atom. The number of hydrogen-bond acceptors (Lipinski definition) is 2. The molecule has 60 valence electrons. The van der Waals surface area contributed by atoms with E-state index in [9.17, 15) is 9.18 Å². The molecular weight excluding hydrogens is 147 g/mol. The lowest BCUT2D eigenvalue weighted by Gasteiger charge is -2.11.